The molecule has 0 spiro atoms. The third-order valence-corrected chi connectivity index (χ3v) is 3.65. The first-order chi connectivity index (χ1) is 8.61. The van der Waals surface area contributed by atoms with Gasteiger partial charge in [0.2, 0.25) is 0 Å². The lowest BCUT2D eigenvalue weighted by Crippen LogP contribution is -2.20. The number of nitrogens with one attached hydrogen (secondary N) is 1. The number of hydrogen-bond acceptors (Lipinski definition) is 4. The van der Waals surface area contributed by atoms with Gasteiger partial charge in [-0.15, -0.1) is 11.3 Å². The fourth-order valence-electron chi connectivity index (χ4n) is 1.75. The average molecular weight is 269 g/mol. The number of thiazole rings is 1. The first kappa shape index (κ1) is 15.6. The Hall–Kier alpha value is -0.450. The molecule has 1 heterocycles. The van der Waals surface area contributed by atoms with Gasteiger partial charge in [0, 0.05) is 18.5 Å². The highest BCUT2D eigenvalue weighted by Crippen LogP contribution is 2.11. The summed E-state index contributed by atoms with van der Waals surface area (Å²) in [6, 6.07) is 0. The first-order valence-corrected chi connectivity index (χ1v) is 7.82. The number of rotatable bonds is 9. The van der Waals surface area contributed by atoms with Crippen LogP contribution in [-0.4, -0.2) is 30.0 Å². The molecule has 1 aromatic rings. The lowest BCUT2D eigenvalue weighted by atomic mass is 10.2. The van der Waals surface area contributed by atoms with Crippen LogP contribution >= 0.6 is 11.3 Å². The maximum Gasteiger partial charge on any atom is 0.107 e. The van der Waals surface area contributed by atoms with E-state index in [1.54, 1.807) is 11.3 Å². The van der Waals surface area contributed by atoms with Gasteiger partial charge in [0.15, 0.2) is 0 Å². The van der Waals surface area contributed by atoms with Crippen LogP contribution in [-0.2, 0) is 13.1 Å². The molecular weight excluding hydrogens is 242 g/mol. The normalized spacial score (nSPS) is 11.7. The molecular formula is C14H27N3S. The Kier molecular flexibility index (Phi) is 7.47. The van der Waals surface area contributed by atoms with E-state index >= 15 is 0 Å². The van der Waals surface area contributed by atoms with E-state index in [0.29, 0.717) is 5.92 Å². The summed E-state index contributed by atoms with van der Waals surface area (Å²) in [5, 5.41) is 6.83. The van der Waals surface area contributed by atoms with Crippen LogP contribution in [0.4, 0.5) is 0 Å². The quantitative estimate of drug-likeness (QED) is 0.746. The van der Waals surface area contributed by atoms with Crippen molar-refractivity contribution in [1.29, 1.82) is 0 Å². The van der Waals surface area contributed by atoms with Crippen molar-refractivity contribution in [2.24, 2.45) is 5.92 Å². The second-order valence-electron chi connectivity index (χ2n) is 5.35. The molecule has 1 rings (SSSR count). The van der Waals surface area contributed by atoms with Crippen LogP contribution in [0.25, 0.3) is 0 Å². The van der Waals surface area contributed by atoms with E-state index in [2.05, 4.69) is 48.4 Å². The van der Waals surface area contributed by atoms with Gasteiger partial charge in [0.05, 0.1) is 5.69 Å². The van der Waals surface area contributed by atoms with Crippen molar-refractivity contribution in [3.8, 4) is 0 Å². The van der Waals surface area contributed by atoms with Gasteiger partial charge in [-0.3, -0.25) is 0 Å². The van der Waals surface area contributed by atoms with E-state index in [1.165, 1.54) is 23.5 Å². The Labute approximate surface area is 116 Å². The van der Waals surface area contributed by atoms with Crippen LogP contribution in [0.2, 0.25) is 0 Å². The van der Waals surface area contributed by atoms with E-state index in [0.717, 1.165) is 26.2 Å². The standard InChI is InChI=1S/C14H27N3S/c1-5-6-7-17(4)10-13-11-18-14(16-13)9-15-8-12(2)3/h11-12,15H,5-10H2,1-4H3. The monoisotopic (exact) mass is 269 g/mol. The summed E-state index contributed by atoms with van der Waals surface area (Å²) in [5.74, 6) is 0.699. The number of unbranched alkanes of at least 4 members (excludes halogenated alkanes) is 1. The van der Waals surface area contributed by atoms with Gasteiger partial charge >= 0.3 is 0 Å². The Morgan fingerprint density at radius 3 is 2.89 bits per heavy atom. The van der Waals surface area contributed by atoms with Crippen LogP contribution < -0.4 is 5.32 Å². The van der Waals surface area contributed by atoms with Gasteiger partial charge in [-0.25, -0.2) is 4.98 Å². The Morgan fingerprint density at radius 1 is 1.44 bits per heavy atom. The molecule has 18 heavy (non-hydrogen) atoms. The van der Waals surface area contributed by atoms with Gasteiger partial charge in [-0.05, 0) is 32.5 Å². The molecule has 4 heteroatoms. The lowest BCUT2D eigenvalue weighted by molar-refractivity contribution is 0.317. The van der Waals surface area contributed by atoms with Gasteiger partial charge < -0.3 is 10.2 Å². The molecule has 0 aliphatic rings. The molecule has 0 unspecified atom stereocenters. The summed E-state index contributed by atoms with van der Waals surface area (Å²) in [6.07, 6.45) is 2.52. The molecule has 0 fully saturated rings. The number of aromatic nitrogens is 1. The van der Waals surface area contributed by atoms with Gasteiger partial charge in [0.1, 0.15) is 5.01 Å². The average Bonchev–Trinajstić information content (AvgIpc) is 2.73. The zero-order chi connectivity index (χ0) is 13.4. The Bertz CT molecular complexity index is 323. The second kappa shape index (κ2) is 8.62. The second-order valence-corrected chi connectivity index (χ2v) is 6.29. The van der Waals surface area contributed by atoms with Gasteiger partial charge in [-0.2, -0.15) is 0 Å². The van der Waals surface area contributed by atoms with E-state index in [9.17, 15) is 0 Å². The van der Waals surface area contributed by atoms with Crippen LogP contribution in [0.3, 0.4) is 0 Å². The minimum absolute atomic E-state index is 0.699. The fourth-order valence-corrected chi connectivity index (χ4v) is 2.51. The molecule has 0 saturated carbocycles. The molecule has 0 aromatic carbocycles. The summed E-state index contributed by atoms with van der Waals surface area (Å²) < 4.78 is 0. The predicted molar refractivity (Wildman–Crippen MR) is 79.9 cm³/mol. The fraction of sp³-hybridized carbons (Fsp3) is 0.786. The first-order valence-electron chi connectivity index (χ1n) is 6.94. The molecule has 0 radical (unpaired) electrons. The third-order valence-electron chi connectivity index (χ3n) is 2.75. The maximum atomic E-state index is 4.67. The molecule has 104 valence electrons. The molecule has 1 N–H and O–H groups in total. The Balaban J connectivity index is 2.29. The largest absolute Gasteiger partial charge is 0.310 e. The zero-order valence-corrected chi connectivity index (χ0v) is 13.0. The van der Waals surface area contributed by atoms with Crippen LogP contribution in [0.5, 0.6) is 0 Å². The molecule has 0 aliphatic carbocycles. The highest BCUT2D eigenvalue weighted by molar-refractivity contribution is 7.09. The van der Waals surface area contributed by atoms with Crippen molar-refractivity contribution in [2.45, 2.75) is 46.7 Å². The van der Waals surface area contributed by atoms with Crippen LogP contribution in [0.15, 0.2) is 5.38 Å². The van der Waals surface area contributed by atoms with Crippen LogP contribution in [0, 0.1) is 5.92 Å². The van der Waals surface area contributed by atoms with Crippen molar-refractivity contribution in [3.05, 3.63) is 16.1 Å². The van der Waals surface area contributed by atoms with Crippen molar-refractivity contribution in [1.82, 2.24) is 15.2 Å². The summed E-state index contributed by atoms with van der Waals surface area (Å²) >= 11 is 1.77. The lowest BCUT2D eigenvalue weighted by Gasteiger charge is -2.14. The van der Waals surface area contributed by atoms with E-state index in [4.69, 9.17) is 0 Å². The molecule has 0 saturated heterocycles. The van der Waals surface area contributed by atoms with E-state index < -0.39 is 0 Å². The highest BCUT2D eigenvalue weighted by Gasteiger charge is 2.05. The van der Waals surface area contributed by atoms with Crippen molar-refractivity contribution < 1.29 is 0 Å². The summed E-state index contributed by atoms with van der Waals surface area (Å²) in [6.45, 7) is 10.8. The number of nitrogens with zero attached hydrogens (tertiary/aromatic N) is 2. The van der Waals surface area contributed by atoms with Crippen molar-refractivity contribution >= 4 is 11.3 Å². The van der Waals surface area contributed by atoms with E-state index in [1.807, 2.05) is 0 Å². The maximum absolute atomic E-state index is 4.67. The topological polar surface area (TPSA) is 28.2 Å². The minimum Gasteiger partial charge on any atom is -0.310 e. The van der Waals surface area contributed by atoms with Gasteiger partial charge in [0.25, 0.3) is 0 Å². The summed E-state index contributed by atoms with van der Waals surface area (Å²) in [5.41, 5.74) is 1.21. The number of hydrogen-bond donors (Lipinski definition) is 1. The van der Waals surface area contributed by atoms with E-state index in [-0.39, 0.29) is 0 Å². The molecule has 3 nitrogen and oxygen atoms in total. The predicted octanol–water partition coefficient (Wildman–Crippen LogP) is 3.12. The van der Waals surface area contributed by atoms with Crippen LogP contribution in [0.1, 0.15) is 44.3 Å². The van der Waals surface area contributed by atoms with Crippen molar-refractivity contribution in [3.63, 3.8) is 0 Å². The molecule has 1 aromatic heterocycles. The summed E-state index contributed by atoms with van der Waals surface area (Å²) in [7, 11) is 2.17. The summed E-state index contributed by atoms with van der Waals surface area (Å²) in [4.78, 5) is 7.02. The zero-order valence-electron chi connectivity index (χ0n) is 12.2. The molecule has 0 aliphatic heterocycles. The minimum atomic E-state index is 0.699. The smallest absolute Gasteiger partial charge is 0.107 e. The van der Waals surface area contributed by atoms with Gasteiger partial charge in [-0.1, -0.05) is 27.2 Å². The molecule has 0 amide bonds. The third kappa shape index (κ3) is 6.47. The Morgan fingerprint density at radius 2 is 2.22 bits per heavy atom. The van der Waals surface area contributed by atoms with Crippen molar-refractivity contribution in [2.75, 3.05) is 20.1 Å². The SMILES string of the molecule is CCCCN(C)Cc1csc(CNCC(C)C)n1. The molecule has 0 atom stereocenters. The highest BCUT2D eigenvalue weighted by atomic mass is 32.1. The molecule has 0 bridgehead atoms.